The Hall–Kier alpha value is -1.61. The summed E-state index contributed by atoms with van der Waals surface area (Å²) in [6.45, 7) is 5.98. The number of aromatic nitrogens is 2. The van der Waals surface area contributed by atoms with E-state index in [1.165, 1.54) is 0 Å². The monoisotopic (exact) mass is 262 g/mol. The maximum atomic E-state index is 11.1. The van der Waals surface area contributed by atoms with E-state index in [4.69, 9.17) is 11.6 Å². The van der Waals surface area contributed by atoms with Crippen LogP contribution in [0.4, 0.5) is 0 Å². The van der Waals surface area contributed by atoms with Gasteiger partial charge in [0.2, 0.25) is 0 Å². The minimum Gasteiger partial charge on any atom is -0.298 e. The smallest absolute Gasteiger partial charge is 0.155 e. The van der Waals surface area contributed by atoms with Crippen LogP contribution in [0.5, 0.6) is 0 Å². The fraction of sp³-hybridized carbons (Fsp3) is 0.286. The average molecular weight is 263 g/mol. The Morgan fingerprint density at radius 2 is 2.00 bits per heavy atom. The second-order valence-electron chi connectivity index (χ2n) is 4.56. The molecule has 1 heterocycles. The van der Waals surface area contributed by atoms with E-state index < -0.39 is 0 Å². The van der Waals surface area contributed by atoms with Gasteiger partial charge in [0, 0.05) is 0 Å². The Labute approximate surface area is 111 Å². The van der Waals surface area contributed by atoms with E-state index in [1.807, 2.05) is 45.0 Å². The first-order valence-corrected chi connectivity index (χ1v) is 6.23. The molecule has 0 atom stereocenters. The van der Waals surface area contributed by atoms with Gasteiger partial charge in [0.05, 0.1) is 16.9 Å². The van der Waals surface area contributed by atoms with Crippen LogP contribution in [0.2, 0.25) is 5.15 Å². The van der Waals surface area contributed by atoms with E-state index in [-0.39, 0.29) is 5.92 Å². The fourth-order valence-corrected chi connectivity index (χ4v) is 2.19. The van der Waals surface area contributed by atoms with Gasteiger partial charge >= 0.3 is 0 Å². The Morgan fingerprint density at radius 1 is 1.33 bits per heavy atom. The van der Waals surface area contributed by atoms with Gasteiger partial charge in [-0.3, -0.25) is 4.79 Å². The molecule has 0 saturated heterocycles. The number of aryl methyl sites for hydroxylation is 1. The molecule has 2 aromatic rings. The molecule has 2 rings (SSSR count). The van der Waals surface area contributed by atoms with Crippen LogP contribution in [0, 0.1) is 6.92 Å². The van der Waals surface area contributed by atoms with Crippen LogP contribution < -0.4 is 0 Å². The van der Waals surface area contributed by atoms with Crippen molar-refractivity contribution in [1.29, 1.82) is 0 Å². The number of benzene rings is 1. The highest BCUT2D eigenvalue weighted by Gasteiger charge is 2.19. The van der Waals surface area contributed by atoms with Crippen LogP contribution >= 0.6 is 11.6 Å². The average Bonchev–Trinajstić information content (AvgIpc) is 2.67. The normalized spacial score (nSPS) is 10.9. The molecule has 18 heavy (non-hydrogen) atoms. The van der Waals surface area contributed by atoms with Gasteiger partial charge in [-0.25, -0.2) is 4.68 Å². The summed E-state index contributed by atoms with van der Waals surface area (Å²) in [5.74, 6) is 0.160. The third-order valence-corrected chi connectivity index (χ3v) is 3.26. The number of para-hydroxylation sites is 1. The van der Waals surface area contributed by atoms with Gasteiger partial charge in [0.1, 0.15) is 5.15 Å². The highest BCUT2D eigenvalue weighted by atomic mass is 35.5. The number of rotatable bonds is 3. The van der Waals surface area contributed by atoms with Crippen molar-refractivity contribution in [2.24, 2.45) is 0 Å². The summed E-state index contributed by atoms with van der Waals surface area (Å²) in [5.41, 5.74) is 3.18. The zero-order chi connectivity index (χ0) is 13.3. The summed E-state index contributed by atoms with van der Waals surface area (Å²) in [6.07, 6.45) is 0.777. The van der Waals surface area contributed by atoms with Gasteiger partial charge in [-0.05, 0) is 24.5 Å². The summed E-state index contributed by atoms with van der Waals surface area (Å²) in [7, 11) is 0. The lowest BCUT2D eigenvalue weighted by atomic mass is 10.1. The van der Waals surface area contributed by atoms with Crippen LogP contribution in [0.15, 0.2) is 24.3 Å². The van der Waals surface area contributed by atoms with Crippen molar-refractivity contribution in [3.8, 4) is 5.69 Å². The predicted octanol–water partition coefficient (Wildman–Crippen LogP) is 3.77. The molecule has 1 aromatic carbocycles. The van der Waals surface area contributed by atoms with Crippen molar-refractivity contribution in [1.82, 2.24) is 9.78 Å². The van der Waals surface area contributed by atoms with Crippen molar-refractivity contribution >= 4 is 17.9 Å². The minimum atomic E-state index is 0.160. The molecule has 0 fully saturated rings. The summed E-state index contributed by atoms with van der Waals surface area (Å²) in [5, 5.41) is 4.84. The SMILES string of the molecule is Cc1ccccc1-n1nc(C(C)C)c(C=O)c1Cl. The largest absolute Gasteiger partial charge is 0.298 e. The predicted molar refractivity (Wildman–Crippen MR) is 72.8 cm³/mol. The standard InChI is InChI=1S/C14H15ClN2O/c1-9(2)13-11(8-18)14(15)17(16-13)12-7-5-4-6-10(12)3/h4-9H,1-3H3. The number of carbonyl (C=O) groups is 1. The third-order valence-electron chi connectivity index (χ3n) is 2.90. The van der Waals surface area contributed by atoms with Crippen molar-refractivity contribution in [3.05, 3.63) is 46.2 Å². The van der Waals surface area contributed by atoms with Gasteiger partial charge in [-0.1, -0.05) is 43.6 Å². The molecule has 0 saturated carbocycles. The Bertz CT molecular complexity index is 587. The first-order valence-electron chi connectivity index (χ1n) is 5.85. The molecule has 3 nitrogen and oxygen atoms in total. The van der Waals surface area contributed by atoms with Crippen LogP contribution in [0.1, 0.15) is 41.4 Å². The van der Waals surface area contributed by atoms with Gasteiger partial charge in [0.25, 0.3) is 0 Å². The van der Waals surface area contributed by atoms with Gasteiger partial charge < -0.3 is 0 Å². The number of hydrogen-bond donors (Lipinski definition) is 0. The lowest BCUT2D eigenvalue weighted by Crippen LogP contribution is -2.00. The first kappa shape index (κ1) is 12.8. The molecule has 0 radical (unpaired) electrons. The van der Waals surface area contributed by atoms with Crippen LogP contribution in [-0.4, -0.2) is 16.1 Å². The van der Waals surface area contributed by atoms with Crippen molar-refractivity contribution in [2.75, 3.05) is 0 Å². The molecule has 0 spiro atoms. The molecule has 0 aliphatic heterocycles. The molecule has 0 N–H and O–H groups in total. The zero-order valence-corrected chi connectivity index (χ0v) is 11.4. The molecule has 4 heteroatoms. The van der Waals surface area contributed by atoms with E-state index in [9.17, 15) is 4.79 Å². The molecule has 0 aliphatic rings. The van der Waals surface area contributed by atoms with E-state index in [2.05, 4.69) is 5.10 Å². The molecule has 0 aliphatic carbocycles. The molecular weight excluding hydrogens is 248 g/mol. The molecular formula is C14H15ClN2O. The third kappa shape index (κ3) is 2.06. The summed E-state index contributed by atoms with van der Waals surface area (Å²) < 4.78 is 1.63. The molecule has 0 amide bonds. The van der Waals surface area contributed by atoms with Gasteiger partial charge in [-0.2, -0.15) is 5.10 Å². The lowest BCUT2D eigenvalue weighted by molar-refractivity contribution is 0.112. The van der Waals surface area contributed by atoms with Gasteiger partial charge in [-0.15, -0.1) is 0 Å². The maximum absolute atomic E-state index is 11.1. The Morgan fingerprint density at radius 3 is 2.50 bits per heavy atom. The zero-order valence-electron chi connectivity index (χ0n) is 10.6. The van der Waals surface area contributed by atoms with Crippen molar-refractivity contribution < 1.29 is 4.79 Å². The molecule has 1 aromatic heterocycles. The van der Waals surface area contributed by atoms with Crippen LogP contribution in [-0.2, 0) is 0 Å². The molecule has 94 valence electrons. The topological polar surface area (TPSA) is 34.9 Å². The molecule has 0 bridgehead atoms. The van der Waals surface area contributed by atoms with E-state index in [0.29, 0.717) is 10.7 Å². The van der Waals surface area contributed by atoms with E-state index >= 15 is 0 Å². The second-order valence-corrected chi connectivity index (χ2v) is 4.92. The summed E-state index contributed by atoms with van der Waals surface area (Å²) in [4.78, 5) is 11.1. The highest BCUT2D eigenvalue weighted by molar-refractivity contribution is 6.32. The van der Waals surface area contributed by atoms with E-state index in [0.717, 1.165) is 23.2 Å². The minimum absolute atomic E-state index is 0.160. The highest BCUT2D eigenvalue weighted by Crippen LogP contribution is 2.27. The Kier molecular flexibility index (Phi) is 3.53. The summed E-state index contributed by atoms with van der Waals surface area (Å²) >= 11 is 6.25. The number of carbonyl (C=O) groups excluding carboxylic acids is 1. The van der Waals surface area contributed by atoms with Crippen LogP contribution in [0.25, 0.3) is 5.69 Å². The van der Waals surface area contributed by atoms with Crippen LogP contribution in [0.3, 0.4) is 0 Å². The number of aldehydes is 1. The van der Waals surface area contributed by atoms with Crippen molar-refractivity contribution in [3.63, 3.8) is 0 Å². The lowest BCUT2D eigenvalue weighted by Gasteiger charge is -2.06. The number of halogens is 1. The summed E-state index contributed by atoms with van der Waals surface area (Å²) in [6, 6.07) is 7.81. The molecule has 0 unspecified atom stereocenters. The quantitative estimate of drug-likeness (QED) is 0.789. The fourth-order valence-electron chi connectivity index (χ4n) is 1.92. The number of hydrogen-bond acceptors (Lipinski definition) is 2. The van der Waals surface area contributed by atoms with Gasteiger partial charge in [0.15, 0.2) is 6.29 Å². The maximum Gasteiger partial charge on any atom is 0.155 e. The number of nitrogens with zero attached hydrogens (tertiary/aromatic N) is 2. The first-order chi connectivity index (χ1) is 8.56. The second kappa shape index (κ2) is 4.94. The van der Waals surface area contributed by atoms with E-state index in [1.54, 1.807) is 4.68 Å². The Balaban J connectivity index is 2.67. The van der Waals surface area contributed by atoms with Crippen molar-refractivity contribution in [2.45, 2.75) is 26.7 Å².